The van der Waals surface area contributed by atoms with Gasteiger partial charge in [0.25, 0.3) is 0 Å². The summed E-state index contributed by atoms with van der Waals surface area (Å²) in [4.78, 5) is 12.2. The molecule has 2 atom stereocenters. The number of benzene rings is 1. The second-order valence-electron chi connectivity index (χ2n) is 4.93. The molecule has 1 aliphatic carbocycles. The Hall–Kier alpha value is -1.68. The number of rotatable bonds is 2. The molecule has 2 aromatic rings. The molecule has 1 aliphatic rings. The highest BCUT2D eigenvalue weighted by molar-refractivity contribution is 5.99. The van der Waals surface area contributed by atoms with Crippen molar-refractivity contribution in [2.24, 2.45) is 11.7 Å². The lowest BCUT2D eigenvalue weighted by molar-refractivity contribution is 0.0895. The van der Waals surface area contributed by atoms with Crippen LogP contribution in [0, 0.1) is 11.7 Å². The summed E-state index contributed by atoms with van der Waals surface area (Å²) in [7, 11) is 0. The lowest BCUT2D eigenvalue weighted by atomic mass is 10.0. The number of fused-ring (bicyclic) bond motifs is 1. The molecule has 2 unspecified atom stereocenters. The van der Waals surface area contributed by atoms with E-state index in [2.05, 4.69) is 0 Å². The summed E-state index contributed by atoms with van der Waals surface area (Å²) >= 11 is 0. The van der Waals surface area contributed by atoms with Crippen LogP contribution in [0.4, 0.5) is 4.39 Å². The summed E-state index contributed by atoms with van der Waals surface area (Å²) in [5.74, 6) is -0.0788. The highest BCUT2D eigenvalue weighted by atomic mass is 19.1. The maximum Gasteiger partial charge on any atom is 0.201 e. The van der Waals surface area contributed by atoms with Crippen LogP contribution in [0.3, 0.4) is 0 Å². The van der Waals surface area contributed by atoms with Gasteiger partial charge in [0.05, 0.1) is 0 Å². The number of carbonyl (C=O) groups is 1. The molecular weight excluding hydrogens is 233 g/mol. The van der Waals surface area contributed by atoms with Crippen LogP contribution in [-0.4, -0.2) is 11.8 Å². The van der Waals surface area contributed by atoms with E-state index in [-0.39, 0.29) is 23.6 Å². The van der Waals surface area contributed by atoms with E-state index in [1.54, 1.807) is 12.1 Å². The lowest BCUT2D eigenvalue weighted by Crippen LogP contribution is -2.17. The van der Waals surface area contributed by atoms with E-state index in [0.29, 0.717) is 23.2 Å². The Morgan fingerprint density at radius 3 is 2.89 bits per heavy atom. The highest BCUT2D eigenvalue weighted by Gasteiger charge is 2.30. The molecule has 2 N–H and O–H groups in total. The smallest absolute Gasteiger partial charge is 0.201 e. The van der Waals surface area contributed by atoms with Crippen LogP contribution >= 0.6 is 0 Å². The summed E-state index contributed by atoms with van der Waals surface area (Å²) in [5.41, 5.74) is 6.35. The molecule has 4 heteroatoms. The van der Waals surface area contributed by atoms with Crippen molar-refractivity contribution in [3.8, 4) is 0 Å². The third-order valence-corrected chi connectivity index (χ3v) is 3.57. The molecule has 1 heterocycles. The fourth-order valence-corrected chi connectivity index (χ4v) is 2.59. The van der Waals surface area contributed by atoms with E-state index < -0.39 is 0 Å². The molecule has 0 amide bonds. The van der Waals surface area contributed by atoms with Crippen molar-refractivity contribution < 1.29 is 13.6 Å². The van der Waals surface area contributed by atoms with Gasteiger partial charge in [0.15, 0.2) is 5.76 Å². The number of furan rings is 1. The van der Waals surface area contributed by atoms with Crippen molar-refractivity contribution in [2.45, 2.75) is 25.3 Å². The molecular formula is C14H14FNO2. The number of ketones is 1. The van der Waals surface area contributed by atoms with Crippen molar-refractivity contribution in [1.82, 2.24) is 0 Å². The summed E-state index contributed by atoms with van der Waals surface area (Å²) in [6, 6.07) is 5.97. The van der Waals surface area contributed by atoms with Crippen molar-refractivity contribution in [1.29, 1.82) is 0 Å². The molecule has 0 bridgehead atoms. The van der Waals surface area contributed by atoms with E-state index in [4.69, 9.17) is 10.2 Å². The predicted octanol–water partition coefficient (Wildman–Crippen LogP) is 2.88. The maximum atomic E-state index is 13.1. The first-order chi connectivity index (χ1) is 8.63. The summed E-state index contributed by atoms with van der Waals surface area (Å²) in [6.07, 6.45) is 2.40. The minimum atomic E-state index is -0.329. The molecule has 0 saturated heterocycles. The first-order valence-corrected chi connectivity index (χ1v) is 6.12. The van der Waals surface area contributed by atoms with Gasteiger partial charge in [-0.25, -0.2) is 4.39 Å². The number of halogens is 1. The van der Waals surface area contributed by atoms with Gasteiger partial charge in [-0.05, 0) is 43.5 Å². The Balaban J connectivity index is 1.92. The standard InChI is InChI=1S/C14H14FNO2/c15-10-2-4-12-9(5-10)7-13(18-12)14(17)8-1-3-11(16)6-8/h2,4-5,7-8,11H,1,3,6,16H2. The fraction of sp³-hybridized carbons (Fsp3) is 0.357. The zero-order valence-corrected chi connectivity index (χ0v) is 9.86. The quantitative estimate of drug-likeness (QED) is 0.830. The number of carbonyl (C=O) groups excluding carboxylic acids is 1. The molecule has 3 rings (SSSR count). The molecule has 1 aromatic heterocycles. The molecule has 0 radical (unpaired) electrons. The number of nitrogens with two attached hydrogens (primary N) is 1. The Bertz CT molecular complexity index is 605. The SMILES string of the molecule is NC1CCC(C(=O)c2cc3cc(F)ccc3o2)C1. The van der Waals surface area contributed by atoms with Crippen LogP contribution in [0.5, 0.6) is 0 Å². The van der Waals surface area contributed by atoms with Crippen LogP contribution in [0.1, 0.15) is 29.8 Å². The van der Waals surface area contributed by atoms with Gasteiger partial charge in [-0.15, -0.1) is 0 Å². The molecule has 1 fully saturated rings. The Kier molecular flexibility index (Phi) is 2.67. The van der Waals surface area contributed by atoms with Crippen molar-refractivity contribution >= 4 is 16.8 Å². The Morgan fingerprint density at radius 1 is 1.33 bits per heavy atom. The van der Waals surface area contributed by atoms with Crippen LogP contribution in [0.2, 0.25) is 0 Å². The van der Waals surface area contributed by atoms with Gasteiger partial charge >= 0.3 is 0 Å². The van der Waals surface area contributed by atoms with E-state index in [9.17, 15) is 9.18 Å². The number of Topliss-reactive ketones (excluding diaryl/α,β-unsaturated/α-hetero) is 1. The fourth-order valence-electron chi connectivity index (χ4n) is 2.59. The molecule has 1 saturated carbocycles. The Morgan fingerprint density at radius 2 is 2.17 bits per heavy atom. The van der Waals surface area contributed by atoms with Crippen LogP contribution < -0.4 is 5.73 Å². The molecule has 1 aromatic carbocycles. The first kappa shape index (κ1) is 11.4. The van der Waals surface area contributed by atoms with Crippen molar-refractivity contribution in [2.75, 3.05) is 0 Å². The number of hydrogen-bond donors (Lipinski definition) is 1. The minimum absolute atomic E-state index is 0.0143. The third kappa shape index (κ3) is 1.93. The lowest BCUT2D eigenvalue weighted by Gasteiger charge is -2.04. The maximum absolute atomic E-state index is 13.1. The van der Waals surface area contributed by atoms with Gasteiger partial charge in [0.2, 0.25) is 5.78 Å². The van der Waals surface area contributed by atoms with Crippen LogP contribution in [0.25, 0.3) is 11.0 Å². The second-order valence-corrected chi connectivity index (χ2v) is 4.93. The molecule has 18 heavy (non-hydrogen) atoms. The minimum Gasteiger partial charge on any atom is -0.453 e. The summed E-state index contributed by atoms with van der Waals surface area (Å²) in [5, 5.41) is 0.626. The number of hydrogen-bond acceptors (Lipinski definition) is 3. The summed E-state index contributed by atoms with van der Waals surface area (Å²) in [6.45, 7) is 0. The average molecular weight is 247 g/mol. The molecule has 94 valence electrons. The predicted molar refractivity (Wildman–Crippen MR) is 65.8 cm³/mol. The second kappa shape index (κ2) is 4.21. The molecule has 0 spiro atoms. The van der Waals surface area contributed by atoms with E-state index >= 15 is 0 Å². The van der Waals surface area contributed by atoms with E-state index in [1.165, 1.54) is 12.1 Å². The van der Waals surface area contributed by atoms with Gasteiger partial charge < -0.3 is 10.2 Å². The van der Waals surface area contributed by atoms with E-state index in [0.717, 1.165) is 12.8 Å². The summed E-state index contributed by atoms with van der Waals surface area (Å²) < 4.78 is 18.5. The largest absolute Gasteiger partial charge is 0.453 e. The van der Waals surface area contributed by atoms with Gasteiger partial charge in [-0.2, -0.15) is 0 Å². The first-order valence-electron chi connectivity index (χ1n) is 6.12. The van der Waals surface area contributed by atoms with Crippen molar-refractivity contribution in [3.05, 3.63) is 35.8 Å². The van der Waals surface area contributed by atoms with Crippen LogP contribution in [0.15, 0.2) is 28.7 Å². The Labute approximate surface area is 104 Å². The van der Waals surface area contributed by atoms with E-state index in [1.807, 2.05) is 0 Å². The van der Waals surface area contributed by atoms with Crippen LogP contribution in [-0.2, 0) is 0 Å². The van der Waals surface area contributed by atoms with Gasteiger partial charge in [0, 0.05) is 17.3 Å². The normalized spacial score (nSPS) is 23.7. The zero-order chi connectivity index (χ0) is 12.7. The highest BCUT2D eigenvalue weighted by Crippen LogP contribution is 2.30. The average Bonchev–Trinajstić information content (AvgIpc) is 2.93. The van der Waals surface area contributed by atoms with Gasteiger partial charge in [-0.3, -0.25) is 4.79 Å². The zero-order valence-electron chi connectivity index (χ0n) is 9.86. The third-order valence-electron chi connectivity index (χ3n) is 3.57. The monoisotopic (exact) mass is 247 g/mol. The van der Waals surface area contributed by atoms with Crippen molar-refractivity contribution in [3.63, 3.8) is 0 Å². The molecule has 3 nitrogen and oxygen atoms in total. The van der Waals surface area contributed by atoms with Gasteiger partial charge in [0.1, 0.15) is 11.4 Å². The topological polar surface area (TPSA) is 56.2 Å². The molecule has 0 aliphatic heterocycles. The van der Waals surface area contributed by atoms with Gasteiger partial charge in [-0.1, -0.05) is 0 Å².